The number of hydrogen-bond donors (Lipinski definition) is 3. The van der Waals surface area contributed by atoms with Gasteiger partial charge in [-0.1, -0.05) is 12.1 Å². The maximum absolute atomic E-state index is 10.5. The molecule has 0 amide bonds. The summed E-state index contributed by atoms with van der Waals surface area (Å²) in [5.74, 6) is -0.615. The van der Waals surface area contributed by atoms with Crippen LogP contribution in [0, 0.1) is 6.92 Å². The van der Waals surface area contributed by atoms with Gasteiger partial charge in [0.2, 0.25) is 0 Å². The van der Waals surface area contributed by atoms with Crippen LogP contribution in [0.1, 0.15) is 17.7 Å². The van der Waals surface area contributed by atoms with Gasteiger partial charge in [0.25, 0.3) is 0 Å². The van der Waals surface area contributed by atoms with Gasteiger partial charge in [-0.05, 0) is 25.0 Å². The third kappa shape index (κ3) is 1.74. The number of nitrogens with one attached hydrogen (secondary N) is 1. The predicted octanol–water partition coefficient (Wildman–Crippen LogP) is 2.20. The summed E-state index contributed by atoms with van der Waals surface area (Å²) in [7, 11) is 0. The summed E-state index contributed by atoms with van der Waals surface area (Å²) in [6, 6.07) is 5.25. The largest absolute Gasteiger partial charge is 0.506 e. The Labute approximate surface area is 92.5 Å². The second-order valence-corrected chi connectivity index (χ2v) is 3.82. The molecule has 0 saturated heterocycles. The molecular weight excluding hydrogens is 206 g/mol. The number of rotatable bonds is 3. The summed E-state index contributed by atoms with van der Waals surface area (Å²) in [4.78, 5) is 13.6. The van der Waals surface area contributed by atoms with Crippen molar-refractivity contribution < 1.29 is 15.0 Å². The zero-order valence-corrected chi connectivity index (χ0v) is 8.95. The van der Waals surface area contributed by atoms with Crippen LogP contribution < -0.4 is 0 Å². The Kier molecular flexibility index (Phi) is 2.56. The fourth-order valence-corrected chi connectivity index (χ4v) is 1.94. The van der Waals surface area contributed by atoms with Crippen LogP contribution in [-0.4, -0.2) is 21.2 Å². The number of phenolic OH excluding ortho intramolecular Hbond substituents is 1. The van der Waals surface area contributed by atoms with E-state index in [1.54, 1.807) is 12.1 Å². The number of para-hydroxylation sites is 1. The van der Waals surface area contributed by atoms with Crippen LogP contribution in [0.5, 0.6) is 5.75 Å². The summed E-state index contributed by atoms with van der Waals surface area (Å²) in [6.07, 6.45) is 0.577. The molecule has 0 spiro atoms. The molecule has 2 rings (SSSR count). The minimum atomic E-state index is -0.811. The van der Waals surface area contributed by atoms with Crippen molar-refractivity contribution in [1.29, 1.82) is 0 Å². The van der Waals surface area contributed by atoms with E-state index in [0.29, 0.717) is 11.9 Å². The SMILES string of the molecule is Cc1[nH]c2c(O)cccc2c1CCC(=O)O. The van der Waals surface area contributed by atoms with Gasteiger partial charge in [-0.15, -0.1) is 0 Å². The van der Waals surface area contributed by atoms with Crippen molar-refractivity contribution in [3.8, 4) is 5.75 Å². The second kappa shape index (κ2) is 3.89. The minimum absolute atomic E-state index is 0.101. The standard InChI is InChI=1S/C12H13NO3/c1-7-8(5-6-11(15)16)9-3-2-4-10(14)12(9)13-7/h2-4,13-14H,5-6H2,1H3,(H,15,16). The molecule has 0 aliphatic rings. The number of fused-ring (bicyclic) bond motifs is 1. The molecule has 0 unspecified atom stereocenters. The van der Waals surface area contributed by atoms with E-state index in [-0.39, 0.29) is 12.2 Å². The van der Waals surface area contributed by atoms with Crippen molar-refractivity contribution in [2.24, 2.45) is 0 Å². The fraction of sp³-hybridized carbons (Fsp3) is 0.250. The third-order valence-corrected chi connectivity index (χ3v) is 2.72. The minimum Gasteiger partial charge on any atom is -0.506 e. The summed E-state index contributed by atoms with van der Waals surface area (Å²) in [5, 5.41) is 19.2. The van der Waals surface area contributed by atoms with Crippen LogP contribution in [0.15, 0.2) is 18.2 Å². The Morgan fingerprint density at radius 2 is 2.19 bits per heavy atom. The normalized spacial score (nSPS) is 10.8. The van der Waals surface area contributed by atoms with E-state index in [2.05, 4.69) is 4.98 Å². The van der Waals surface area contributed by atoms with Gasteiger partial charge in [-0.25, -0.2) is 0 Å². The van der Waals surface area contributed by atoms with Gasteiger partial charge in [-0.2, -0.15) is 0 Å². The third-order valence-electron chi connectivity index (χ3n) is 2.72. The molecule has 1 aromatic carbocycles. The van der Waals surface area contributed by atoms with E-state index in [4.69, 9.17) is 5.11 Å². The van der Waals surface area contributed by atoms with E-state index in [1.807, 2.05) is 13.0 Å². The molecule has 4 nitrogen and oxygen atoms in total. The number of aromatic amines is 1. The zero-order valence-electron chi connectivity index (χ0n) is 8.95. The highest BCUT2D eigenvalue weighted by molar-refractivity contribution is 5.89. The smallest absolute Gasteiger partial charge is 0.303 e. The maximum Gasteiger partial charge on any atom is 0.303 e. The zero-order chi connectivity index (χ0) is 11.7. The molecule has 0 atom stereocenters. The summed E-state index contributed by atoms with van der Waals surface area (Å²) in [5.41, 5.74) is 2.56. The van der Waals surface area contributed by atoms with Gasteiger partial charge >= 0.3 is 5.97 Å². The molecule has 0 saturated carbocycles. The lowest BCUT2D eigenvalue weighted by atomic mass is 10.1. The van der Waals surface area contributed by atoms with Gasteiger partial charge in [0.05, 0.1) is 5.52 Å². The van der Waals surface area contributed by atoms with Crippen LogP contribution >= 0.6 is 0 Å². The number of hydrogen-bond acceptors (Lipinski definition) is 2. The molecule has 1 heterocycles. The molecule has 84 valence electrons. The number of carboxylic acid groups (broad SMARTS) is 1. The molecule has 1 aromatic heterocycles. The van der Waals surface area contributed by atoms with Crippen molar-refractivity contribution in [3.63, 3.8) is 0 Å². The Bertz CT molecular complexity index is 542. The molecular formula is C12H13NO3. The molecule has 0 aliphatic heterocycles. The number of aromatic hydroxyl groups is 1. The topological polar surface area (TPSA) is 73.3 Å². The summed E-state index contributed by atoms with van der Waals surface area (Å²) in [6.45, 7) is 1.89. The molecule has 4 heteroatoms. The molecule has 0 aliphatic carbocycles. The number of phenols is 1. The lowest BCUT2D eigenvalue weighted by Crippen LogP contribution is -1.97. The van der Waals surface area contributed by atoms with Gasteiger partial charge in [0.15, 0.2) is 0 Å². The molecule has 0 fully saturated rings. The highest BCUT2D eigenvalue weighted by Gasteiger charge is 2.11. The predicted molar refractivity (Wildman–Crippen MR) is 60.7 cm³/mol. The average Bonchev–Trinajstić information content (AvgIpc) is 2.53. The van der Waals surface area contributed by atoms with Gasteiger partial charge in [-0.3, -0.25) is 4.79 Å². The summed E-state index contributed by atoms with van der Waals surface area (Å²) >= 11 is 0. The van der Waals surface area contributed by atoms with Gasteiger partial charge in [0, 0.05) is 17.5 Å². The van der Waals surface area contributed by atoms with Crippen LogP contribution in [0.3, 0.4) is 0 Å². The molecule has 3 N–H and O–H groups in total. The molecule has 2 aromatic rings. The van der Waals surface area contributed by atoms with E-state index in [9.17, 15) is 9.90 Å². The van der Waals surface area contributed by atoms with Crippen molar-refractivity contribution >= 4 is 16.9 Å². The van der Waals surface area contributed by atoms with E-state index in [1.165, 1.54) is 0 Å². The lowest BCUT2D eigenvalue weighted by molar-refractivity contribution is -0.136. The quantitative estimate of drug-likeness (QED) is 0.740. The Hall–Kier alpha value is -1.97. The average molecular weight is 219 g/mol. The van der Waals surface area contributed by atoms with Crippen molar-refractivity contribution in [2.75, 3.05) is 0 Å². The maximum atomic E-state index is 10.5. The molecule has 16 heavy (non-hydrogen) atoms. The Morgan fingerprint density at radius 3 is 2.88 bits per heavy atom. The van der Waals surface area contributed by atoms with Crippen LogP contribution in [0.2, 0.25) is 0 Å². The van der Waals surface area contributed by atoms with Gasteiger partial charge < -0.3 is 15.2 Å². The van der Waals surface area contributed by atoms with Crippen LogP contribution in [0.25, 0.3) is 10.9 Å². The fourth-order valence-electron chi connectivity index (χ4n) is 1.94. The van der Waals surface area contributed by atoms with Crippen molar-refractivity contribution in [1.82, 2.24) is 4.98 Å². The number of H-pyrrole nitrogens is 1. The van der Waals surface area contributed by atoms with E-state index >= 15 is 0 Å². The number of aryl methyl sites for hydroxylation is 2. The Balaban J connectivity index is 2.48. The first kappa shape index (κ1) is 10.5. The number of carbonyl (C=O) groups is 1. The number of benzene rings is 1. The Morgan fingerprint density at radius 1 is 1.44 bits per heavy atom. The first-order chi connectivity index (χ1) is 7.59. The van der Waals surface area contributed by atoms with Crippen molar-refractivity contribution in [2.45, 2.75) is 19.8 Å². The second-order valence-electron chi connectivity index (χ2n) is 3.82. The molecule has 0 radical (unpaired) electrons. The van der Waals surface area contributed by atoms with Crippen LogP contribution in [0.4, 0.5) is 0 Å². The molecule has 0 bridgehead atoms. The first-order valence-corrected chi connectivity index (χ1v) is 5.10. The number of aromatic nitrogens is 1. The van der Waals surface area contributed by atoms with E-state index < -0.39 is 5.97 Å². The highest BCUT2D eigenvalue weighted by atomic mass is 16.4. The van der Waals surface area contributed by atoms with E-state index in [0.717, 1.165) is 16.6 Å². The van der Waals surface area contributed by atoms with Crippen molar-refractivity contribution in [3.05, 3.63) is 29.5 Å². The monoisotopic (exact) mass is 219 g/mol. The van der Waals surface area contributed by atoms with Crippen LogP contribution in [-0.2, 0) is 11.2 Å². The van der Waals surface area contributed by atoms with Gasteiger partial charge in [0.1, 0.15) is 5.75 Å². The first-order valence-electron chi connectivity index (χ1n) is 5.10. The number of aliphatic carboxylic acids is 1. The lowest BCUT2D eigenvalue weighted by Gasteiger charge is -1.98. The summed E-state index contributed by atoms with van der Waals surface area (Å²) < 4.78 is 0. The number of carboxylic acids is 1. The highest BCUT2D eigenvalue weighted by Crippen LogP contribution is 2.29.